The number of fused-ring (bicyclic) bond motifs is 1. The molecule has 1 aliphatic carbocycles. The number of ether oxygens (including phenoxy) is 2. The van der Waals surface area contributed by atoms with Gasteiger partial charge >= 0.3 is 5.97 Å². The second-order valence-corrected chi connectivity index (χ2v) is 6.16. The maximum absolute atomic E-state index is 11.9. The molecule has 1 aliphatic rings. The van der Waals surface area contributed by atoms with Gasteiger partial charge in [-0.05, 0) is 37.6 Å². The molecular formula is C17H25N3O3S. The van der Waals surface area contributed by atoms with Crippen LogP contribution < -0.4 is 5.32 Å². The van der Waals surface area contributed by atoms with E-state index in [0.29, 0.717) is 24.6 Å². The highest BCUT2D eigenvalue weighted by atomic mass is 32.1. The van der Waals surface area contributed by atoms with E-state index < -0.39 is 5.97 Å². The fourth-order valence-corrected chi connectivity index (χ4v) is 3.49. The maximum Gasteiger partial charge on any atom is 0.376 e. The van der Waals surface area contributed by atoms with Crippen LogP contribution in [0.15, 0.2) is 11.4 Å². The molecule has 24 heavy (non-hydrogen) atoms. The minimum Gasteiger partial charge on any atom is -0.460 e. The summed E-state index contributed by atoms with van der Waals surface area (Å²) in [5, 5.41) is 6.33. The van der Waals surface area contributed by atoms with Crippen molar-refractivity contribution in [1.82, 2.24) is 9.97 Å². The number of hydrogen-bond donors (Lipinski definition) is 1. The van der Waals surface area contributed by atoms with Gasteiger partial charge < -0.3 is 14.8 Å². The molecule has 6 nitrogen and oxygen atoms in total. The molecule has 0 aromatic carbocycles. The third-order valence-corrected chi connectivity index (χ3v) is 4.65. The van der Waals surface area contributed by atoms with E-state index >= 15 is 0 Å². The van der Waals surface area contributed by atoms with Crippen LogP contribution in [0.5, 0.6) is 0 Å². The predicted molar refractivity (Wildman–Crippen MR) is 96.8 cm³/mol. The Bertz CT molecular complexity index is 674. The zero-order chi connectivity index (χ0) is 17.5. The van der Waals surface area contributed by atoms with E-state index in [1.165, 1.54) is 11.3 Å². The van der Waals surface area contributed by atoms with Gasteiger partial charge in [-0.25, -0.2) is 14.8 Å². The van der Waals surface area contributed by atoms with E-state index in [0.717, 1.165) is 29.5 Å². The number of rotatable bonds is 5. The molecule has 0 amide bonds. The molecule has 2 heterocycles. The van der Waals surface area contributed by atoms with E-state index in [4.69, 9.17) is 9.47 Å². The summed E-state index contributed by atoms with van der Waals surface area (Å²) >= 11 is 1.49. The lowest BCUT2D eigenvalue weighted by Crippen LogP contribution is -2.19. The average molecular weight is 351 g/mol. The van der Waals surface area contributed by atoms with Gasteiger partial charge in [-0.1, -0.05) is 13.8 Å². The lowest BCUT2D eigenvalue weighted by atomic mass is 10.2. The van der Waals surface area contributed by atoms with Crippen molar-refractivity contribution in [3.8, 4) is 0 Å². The Morgan fingerprint density at radius 3 is 2.83 bits per heavy atom. The third kappa shape index (κ3) is 4.21. The average Bonchev–Trinajstić information content (AvgIpc) is 3.25. The van der Waals surface area contributed by atoms with E-state index in [2.05, 4.69) is 15.3 Å². The number of carbonyl (C=O) groups is 1. The predicted octanol–water partition coefficient (Wildman–Crippen LogP) is 3.87. The molecule has 1 saturated carbocycles. The third-order valence-electron chi connectivity index (χ3n) is 3.84. The number of aromatic nitrogens is 2. The molecule has 1 fully saturated rings. The van der Waals surface area contributed by atoms with Crippen LogP contribution >= 0.6 is 11.3 Å². The van der Waals surface area contributed by atoms with Crippen molar-refractivity contribution < 1.29 is 14.3 Å². The number of esters is 1. The highest BCUT2D eigenvalue weighted by molar-refractivity contribution is 7.16. The van der Waals surface area contributed by atoms with Crippen LogP contribution in [0, 0.1) is 0 Å². The lowest BCUT2D eigenvalue weighted by Gasteiger charge is -2.15. The van der Waals surface area contributed by atoms with Gasteiger partial charge in [0.2, 0.25) is 5.82 Å². The van der Waals surface area contributed by atoms with Crippen molar-refractivity contribution in [2.45, 2.75) is 52.2 Å². The van der Waals surface area contributed by atoms with Crippen molar-refractivity contribution in [3.63, 3.8) is 0 Å². The van der Waals surface area contributed by atoms with Crippen LogP contribution in [-0.4, -0.2) is 41.8 Å². The number of hydrogen-bond acceptors (Lipinski definition) is 7. The van der Waals surface area contributed by atoms with Gasteiger partial charge in [0.1, 0.15) is 10.6 Å². The summed E-state index contributed by atoms with van der Waals surface area (Å²) in [6, 6.07) is 2.28. The number of methoxy groups -OCH3 is 1. The SMILES string of the molecule is CC.CCOC(=O)c1nc(NC2CCC(OC)C2)c2ccsc2n1. The Labute approximate surface area is 146 Å². The molecular weight excluding hydrogens is 326 g/mol. The lowest BCUT2D eigenvalue weighted by molar-refractivity contribution is 0.0512. The van der Waals surface area contributed by atoms with Crippen molar-refractivity contribution in [2.24, 2.45) is 0 Å². The number of thiophene rings is 1. The van der Waals surface area contributed by atoms with Gasteiger partial charge in [-0.2, -0.15) is 0 Å². The molecule has 2 aromatic heterocycles. The molecule has 3 rings (SSSR count). The minimum absolute atomic E-state index is 0.112. The molecule has 0 saturated heterocycles. The Hall–Kier alpha value is -1.73. The molecule has 132 valence electrons. The van der Waals surface area contributed by atoms with Gasteiger partial charge in [0.25, 0.3) is 0 Å². The van der Waals surface area contributed by atoms with E-state index in [1.807, 2.05) is 25.3 Å². The van der Waals surface area contributed by atoms with Crippen molar-refractivity contribution in [3.05, 3.63) is 17.3 Å². The normalized spacial score (nSPS) is 19.7. The van der Waals surface area contributed by atoms with Crippen LogP contribution in [0.25, 0.3) is 10.2 Å². The van der Waals surface area contributed by atoms with Crippen LogP contribution in [0.4, 0.5) is 5.82 Å². The van der Waals surface area contributed by atoms with Gasteiger partial charge in [-0.3, -0.25) is 0 Å². The van der Waals surface area contributed by atoms with Crippen molar-refractivity contribution in [1.29, 1.82) is 0 Å². The molecule has 2 atom stereocenters. The first-order valence-corrected chi connectivity index (χ1v) is 9.31. The summed E-state index contributed by atoms with van der Waals surface area (Å²) in [5.41, 5.74) is 0. The second-order valence-electron chi connectivity index (χ2n) is 5.27. The van der Waals surface area contributed by atoms with Gasteiger partial charge in [0.15, 0.2) is 0 Å². The fraction of sp³-hybridized carbons (Fsp3) is 0.588. The van der Waals surface area contributed by atoms with Crippen LogP contribution in [0.2, 0.25) is 0 Å². The van der Waals surface area contributed by atoms with Crippen LogP contribution in [0.3, 0.4) is 0 Å². The van der Waals surface area contributed by atoms with E-state index in [-0.39, 0.29) is 5.82 Å². The van der Waals surface area contributed by atoms with Crippen LogP contribution in [0.1, 0.15) is 50.7 Å². The zero-order valence-corrected chi connectivity index (χ0v) is 15.5. The smallest absolute Gasteiger partial charge is 0.376 e. The standard InChI is InChI=1S/C15H19N3O3S.C2H6/c1-3-21-15(19)13-17-12(11-6-7-22-14(11)18-13)16-9-4-5-10(8-9)20-2;1-2/h6-7,9-10H,3-5,8H2,1-2H3,(H,16,17,18);1-2H3. The molecule has 2 unspecified atom stereocenters. The molecule has 7 heteroatoms. The largest absolute Gasteiger partial charge is 0.460 e. The minimum atomic E-state index is -0.484. The Morgan fingerprint density at radius 1 is 1.38 bits per heavy atom. The molecule has 2 aromatic rings. The second kappa shape index (κ2) is 8.94. The monoisotopic (exact) mass is 351 g/mol. The molecule has 0 aliphatic heterocycles. The van der Waals surface area contributed by atoms with Crippen molar-refractivity contribution >= 4 is 33.3 Å². The Balaban J connectivity index is 0.00000100. The molecule has 0 spiro atoms. The quantitative estimate of drug-likeness (QED) is 0.824. The zero-order valence-electron chi connectivity index (χ0n) is 14.7. The first kappa shape index (κ1) is 18.6. The summed E-state index contributed by atoms with van der Waals surface area (Å²) in [6.45, 7) is 6.08. The molecule has 0 bridgehead atoms. The number of nitrogens with one attached hydrogen (secondary N) is 1. The highest BCUT2D eigenvalue weighted by Crippen LogP contribution is 2.29. The Kier molecular flexibility index (Phi) is 6.93. The number of nitrogens with zero attached hydrogens (tertiary/aromatic N) is 2. The summed E-state index contributed by atoms with van der Waals surface area (Å²) in [7, 11) is 1.74. The van der Waals surface area contributed by atoms with Gasteiger partial charge in [0.05, 0.1) is 18.1 Å². The van der Waals surface area contributed by atoms with Crippen molar-refractivity contribution in [2.75, 3.05) is 19.0 Å². The summed E-state index contributed by atoms with van der Waals surface area (Å²) in [5.74, 6) is 0.332. The Morgan fingerprint density at radius 2 is 2.17 bits per heavy atom. The fourth-order valence-electron chi connectivity index (χ4n) is 2.73. The summed E-state index contributed by atoms with van der Waals surface area (Å²) in [4.78, 5) is 21.4. The first-order valence-electron chi connectivity index (χ1n) is 8.43. The highest BCUT2D eigenvalue weighted by Gasteiger charge is 2.26. The van der Waals surface area contributed by atoms with Gasteiger partial charge in [0, 0.05) is 13.2 Å². The molecule has 1 N–H and O–H groups in total. The van der Waals surface area contributed by atoms with E-state index in [9.17, 15) is 4.79 Å². The first-order chi connectivity index (χ1) is 11.7. The summed E-state index contributed by atoms with van der Waals surface area (Å²) in [6.07, 6.45) is 3.31. The maximum atomic E-state index is 11.9. The van der Waals surface area contributed by atoms with Gasteiger partial charge in [-0.15, -0.1) is 11.3 Å². The summed E-state index contributed by atoms with van der Waals surface area (Å²) < 4.78 is 10.4. The topological polar surface area (TPSA) is 73.3 Å². The number of anilines is 1. The van der Waals surface area contributed by atoms with E-state index in [1.54, 1.807) is 14.0 Å². The molecule has 0 radical (unpaired) electrons. The number of carbonyl (C=O) groups excluding carboxylic acids is 1. The van der Waals surface area contributed by atoms with Crippen LogP contribution in [-0.2, 0) is 9.47 Å².